The molecule has 0 aromatic heterocycles. The van der Waals surface area contributed by atoms with Crippen molar-refractivity contribution >= 4 is 36.7 Å². The number of alkyl halides is 2. The van der Waals surface area contributed by atoms with Gasteiger partial charge >= 0.3 is 7.67 Å². The highest BCUT2D eigenvalue weighted by Crippen LogP contribution is 2.65. The lowest BCUT2D eigenvalue weighted by atomic mass is 9.47. The maximum atomic E-state index is 13.0. The van der Waals surface area contributed by atoms with Gasteiger partial charge in [-0.15, -0.1) is 23.2 Å². The van der Waals surface area contributed by atoms with E-state index in [1.807, 2.05) is 13.0 Å². The Morgan fingerprint density at radius 1 is 1.11 bits per heavy atom. The van der Waals surface area contributed by atoms with Gasteiger partial charge in [-0.2, -0.15) is 0 Å². The highest BCUT2D eigenvalue weighted by molar-refractivity contribution is 7.53. The summed E-state index contributed by atoms with van der Waals surface area (Å²) in [5.41, 5.74) is 7.73. The second-order valence-corrected chi connectivity index (χ2v) is 14.8. The number of rotatable bonds is 13. The number of hydrogen-bond acceptors (Lipinski definition) is 5. The molecule has 2 unspecified atom stereocenters. The van der Waals surface area contributed by atoms with E-state index in [-0.39, 0.29) is 23.5 Å². The van der Waals surface area contributed by atoms with Crippen LogP contribution in [0.4, 0.5) is 0 Å². The molecule has 0 heterocycles. The van der Waals surface area contributed by atoms with Crippen molar-refractivity contribution in [3.8, 4) is 0 Å². The highest BCUT2D eigenvalue weighted by Gasteiger charge is 2.59. The summed E-state index contributed by atoms with van der Waals surface area (Å²) in [6, 6.07) is 0. The maximum absolute atomic E-state index is 13.0. The molecule has 3 saturated carbocycles. The van der Waals surface area contributed by atoms with Gasteiger partial charge < -0.3 is 14.0 Å². The van der Waals surface area contributed by atoms with Crippen molar-refractivity contribution in [2.45, 2.75) is 91.0 Å². The highest BCUT2D eigenvalue weighted by atomic mass is 35.5. The lowest BCUT2D eigenvalue weighted by Gasteiger charge is -2.58. The Labute approximate surface area is 239 Å². The molecule has 0 amide bonds. The van der Waals surface area contributed by atoms with Gasteiger partial charge in [0.1, 0.15) is 0 Å². The molecule has 3 fully saturated rings. The van der Waals surface area contributed by atoms with E-state index in [0.29, 0.717) is 67.8 Å². The second kappa shape index (κ2) is 12.9. The van der Waals surface area contributed by atoms with Crippen molar-refractivity contribution in [3.63, 3.8) is 0 Å². The molecule has 4 aliphatic carbocycles. The third-order valence-electron chi connectivity index (χ3n) is 10.3. The van der Waals surface area contributed by atoms with Crippen LogP contribution in [0, 0.1) is 28.6 Å². The number of carbonyl (C=O) groups excluding carboxylic acids is 1. The van der Waals surface area contributed by atoms with Gasteiger partial charge in [0.05, 0.1) is 12.7 Å². The SMILES string of the molecule is CCOC(CCOP(N)(=O)N(CCCl)CCCl)O[C@H]1CC[C@H]2[C@@H]3CCC4=CC(=O)CC[C@]4(C)[C@H]3CC[C@]12C. The molecule has 38 heavy (non-hydrogen) atoms. The molecule has 218 valence electrons. The summed E-state index contributed by atoms with van der Waals surface area (Å²) in [5.74, 6) is 2.88. The lowest BCUT2D eigenvalue weighted by Crippen LogP contribution is -2.52. The van der Waals surface area contributed by atoms with Crippen LogP contribution in [-0.4, -0.2) is 60.9 Å². The van der Waals surface area contributed by atoms with E-state index in [1.165, 1.54) is 29.5 Å². The number of carbonyl (C=O) groups is 1. The van der Waals surface area contributed by atoms with Crippen molar-refractivity contribution in [3.05, 3.63) is 11.6 Å². The molecular formula is C28H47Cl2N2O5P. The predicted octanol–water partition coefficient (Wildman–Crippen LogP) is 6.52. The zero-order chi connectivity index (χ0) is 27.6. The van der Waals surface area contributed by atoms with E-state index in [1.54, 1.807) is 0 Å². The first-order chi connectivity index (χ1) is 18.1. The van der Waals surface area contributed by atoms with Crippen molar-refractivity contribution in [1.82, 2.24) is 4.67 Å². The normalized spacial score (nSPS) is 37.2. The van der Waals surface area contributed by atoms with Crippen LogP contribution in [0.25, 0.3) is 0 Å². The smallest absolute Gasteiger partial charge is 0.340 e. The average molecular weight is 594 g/mol. The molecule has 10 heteroatoms. The summed E-state index contributed by atoms with van der Waals surface area (Å²) < 4.78 is 32.8. The quantitative estimate of drug-likeness (QED) is 0.148. The molecule has 8 atom stereocenters. The molecule has 0 aromatic carbocycles. The number of ether oxygens (including phenoxy) is 2. The Morgan fingerprint density at radius 2 is 1.84 bits per heavy atom. The number of nitrogens with zero attached hydrogens (tertiary/aromatic N) is 1. The molecular weight excluding hydrogens is 546 g/mol. The zero-order valence-electron chi connectivity index (χ0n) is 23.3. The fourth-order valence-corrected chi connectivity index (χ4v) is 10.2. The molecule has 2 N–H and O–H groups in total. The van der Waals surface area contributed by atoms with E-state index >= 15 is 0 Å². The van der Waals surface area contributed by atoms with E-state index in [2.05, 4.69) is 13.8 Å². The monoisotopic (exact) mass is 592 g/mol. The van der Waals surface area contributed by atoms with Crippen LogP contribution >= 0.6 is 30.9 Å². The number of halogens is 2. The standard InChI is InChI=1S/C28H47Cl2N2O5P/c1-4-35-26(11-18-36-38(31,34)32(16-14-29)17-15-30)37-25-8-7-23-22-6-5-20-19-21(33)9-12-27(20,2)24(22)10-13-28(23,25)3/h19,22-26H,4-18H2,1-3H3,(H2,31,34)/t22-,23-,24-,25-,26?,27-,28-,38?/m0/s1. The minimum atomic E-state index is -3.49. The Hall–Kier alpha value is 0.0200. The number of nitrogens with two attached hydrogens (primary N) is 1. The molecule has 0 spiro atoms. The van der Waals surface area contributed by atoms with E-state index in [0.717, 1.165) is 25.7 Å². The van der Waals surface area contributed by atoms with E-state index in [4.69, 9.17) is 42.7 Å². The average Bonchev–Trinajstić information content (AvgIpc) is 3.20. The molecule has 4 rings (SSSR count). The lowest BCUT2D eigenvalue weighted by molar-refractivity contribution is -0.205. The third-order valence-corrected chi connectivity index (χ3v) is 12.3. The topological polar surface area (TPSA) is 91.1 Å². The number of ketones is 1. The fraction of sp³-hybridized carbons (Fsp3) is 0.893. The van der Waals surface area contributed by atoms with Crippen LogP contribution in [0.3, 0.4) is 0 Å². The Morgan fingerprint density at radius 3 is 2.53 bits per heavy atom. The predicted molar refractivity (Wildman–Crippen MR) is 152 cm³/mol. The number of hydrogen-bond donors (Lipinski definition) is 1. The summed E-state index contributed by atoms with van der Waals surface area (Å²) in [7, 11) is -3.49. The van der Waals surface area contributed by atoms with Gasteiger partial charge in [-0.3, -0.25) is 9.36 Å². The fourth-order valence-electron chi connectivity index (χ4n) is 8.24. The first-order valence-corrected chi connectivity index (χ1v) is 17.2. The van der Waals surface area contributed by atoms with Crippen molar-refractivity contribution in [2.24, 2.45) is 34.1 Å². The molecule has 0 aliphatic heterocycles. The first kappa shape index (κ1) is 31.0. The zero-order valence-corrected chi connectivity index (χ0v) is 25.7. The van der Waals surface area contributed by atoms with E-state index in [9.17, 15) is 9.36 Å². The van der Waals surface area contributed by atoms with Crippen LogP contribution in [0.5, 0.6) is 0 Å². The summed E-state index contributed by atoms with van der Waals surface area (Å²) in [6.07, 6.45) is 10.6. The molecule has 0 bridgehead atoms. The number of fused-ring (bicyclic) bond motifs is 5. The Bertz CT molecular complexity index is 916. The molecule has 0 saturated heterocycles. The maximum Gasteiger partial charge on any atom is 0.340 e. The summed E-state index contributed by atoms with van der Waals surface area (Å²) in [4.78, 5) is 12.1. The van der Waals surface area contributed by atoms with Crippen molar-refractivity contribution < 1.29 is 23.4 Å². The van der Waals surface area contributed by atoms with Gasteiger partial charge in [0.2, 0.25) is 0 Å². The Balaban J connectivity index is 1.38. The van der Waals surface area contributed by atoms with Gasteiger partial charge in [0.15, 0.2) is 12.1 Å². The molecule has 4 aliphatic rings. The van der Waals surface area contributed by atoms with Crippen molar-refractivity contribution in [2.75, 3.05) is 38.1 Å². The largest absolute Gasteiger partial charge is 0.353 e. The summed E-state index contributed by atoms with van der Waals surface area (Å²) in [5, 5.41) is 0. The summed E-state index contributed by atoms with van der Waals surface area (Å²) >= 11 is 11.7. The minimum Gasteiger partial charge on any atom is -0.353 e. The summed E-state index contributed by atoms with van der Waals surface area (Å²) in [6.45, 7) is 8.21. The third kappa shape index (κ3) is 6.26. The van der Waals surface area contributed by atoms with E-state index < -0.39 is 14.0 Å². The minimum absolute atomic E-state index is 0.111. The van der Waals surface area contributed by atoms with Crippen LogP contribution in [0.15, 0.2) is 11.6 Å². The Kier molecular flexibility index (Phi) is 10.5. The molecule has 0 aromatic rings. The second-order valence-electron chi connectivity index (χ2n) is 12.1. The van der Waals surface area contributed by atoms with Gasteiger partial charge in [0.25, 0.3) is 0 Å². The van der Waals surface area contributed by atoms with Crippen molar-refractivity contribution in [1.29, 1.82) is 0 Å². The van der Waals surface area contributed by atoms with Gasteiger partial charge in [-0.1, -0.05) is 19.4 Å². The van der Waals surface area contributed by atoms with Crippen LogP contribution in [-0.2, 0) is 23.4 Å². The molecule has 0 radical (unpaired) electrons. The number of allylic oxidation sites excluding steroid dienone is 1. The van der Waals surface area contributed by atoms with Gasteiger partial charge in [-0.25, -0.2) is 10.2 Å². The van der Waals surface area contributed by atoms with Crippen LogP contribution < -0.4 is 5.50 Å². The first-order valence-electron chi connectivity index (χ1n) is 14.5. The van der Waals surface area contributed by atoms with Crippen LogP contribution in [0.2, 0.25) is 0 Å². The van der Waals surface area contributed by atoms with Crippen LogP contribution in [0.1, 0.15) is 78.6 Å². The van der Waals surface area contributed by atoms with Gasteiger partial charge in [-0.05, 0) is 86.5 Å². The van der Waals surface area contributed by atoms with Gasteiger partial charge in [0, 0.05) is 44.3 Å². The molecule has 7 nitrogen and oxygen atoms in total.